The predicted molar refractivity (Wildman–Crippen MR) is 277 cm³/mol. The number of anilines is 3. The zero-order chi connectivity index (χ0) is 50.8. The minimum absolute atomic E-state index is 0.0705. The van der Waals surface area contributed by atoms with Crippen LogP contribution in [0.1, 0.15) is 73.4 Å². The van der Waals surface area contributed by atoms with E-state index in [0.29, 0.717) is 81.3 Å². The van der Waals surface area contributed by atoms with Crippen LogP contribution < -0.4 is 25.2 Å². The number of urea groups is 1. The van der Waals surface area contributed by atoms with E-state index in [1.165, 1.54) is 18.2 Å². The Morgan fingerprint density at radius 2 is 1.69 bits per heavy atom. The normalized spacial score (nSPS) is 18.3. The zero-order valence-corrected chi connectivity index (χ0v) is 41.4. The molecule has 0 spiro atoms. The van der Waals surface area contributed by atoms with E-state index in [9.17, 15) is 29.9 Å². The Balaban J connectivity index is 0.843. The number of piperazine rings is 1. The Hall–Kier alpha value is -7.42. The largest absolute Gasteiger partial charge is 0.508 e. The second-order valence-corrected chi connectivity index (χ2v) is 19.8. The highest BCUT2D eigenvalue weighted by atomic mass is 35.5. The van der Waals surface area contributed by atoms with Crippen molar-refractivity contribution in [3.8, 4) is 23.6 Å². The first-order valence-electron chi connectivity index (χ1n) is 24.6. The first-order chi connectivity index (χ1) is 34.7. The molecule has 0 bridgehead atoms. The number of phenolic OH excluding ortho intramolecular Hbond substituents is 2. The molecule has 0 saturated carbocycles. The van der Waals surface area contributed by atoms with Crippen molar-refractivity contribution in [2.45, 2.75) is 77.0 Å². The molecule has 0 radical (unpaired) electrons. The van der Waals surface area contributed by atoms with Crippen LogP contribution in [-0.2, 0) is 29.1 Å². The molecular weight excluding hydrogens is 934 g/mol. The van der Waals surface area contributed by atoms with Crippen LogP contribution in [0.15, 0.2) is 85.5 Å². The molecule has 4 aromatic carbocycles. The standard InChI is InChI=1S/C54H60ClN11O6/c1-4-48(69)64-26-25-63(30-38(64)15-20-56)51-40-19-23-62(45-10-6-8-35-7-5-9-43(55)49(35)45)31-44(40)59-54(60-51)72-32-39-18-24-65(39)52(70)36-16-21-61(22-17-36)29-34-11-13-37(14-12-34)66(53(58)71)50(57)42-27-41(33(2)3)46(67)28-47(42)68/h4-14,27-28,33,36,38-39,57,67-68H,1,15-19,21-26,29-32H2,2-3H3,(H2,58,71)/t38-,39-/m0/s1. The molecule has 0 aliphatic carbocycles. The molecule has 374 valence electrons. The molecule has 3 fully saturated rings. The number of fused-ring (bicyclic) bond motifs is 2. The van der Waals surface area contributed by atoms with Gasteiger partial charge in [-0.15, -0.1) is 0 Å². The number of ether oxygens (including phenoxy) is 1. The summed E-state index contributed by atoms with van der Waals surface area (Å²) >= 11 is 6.79. The van der Waals surface area contributed by atoms with E-state index >= 15 is 0 Å². The van der Waals surface area contributed by atoms with E-state index in [1.807, 2.05) is 49.1 Å². The van der Waals surface area contributed by atoms with Crippen molar-refractivity contribution in [3.63, 3.8) is 0 Å². The third kappa shape index (κ3) is 10.1. The van der Waals surface area contributed by atoms with E-state index in [2.05, 4.69) is 45.5 Å². The maximum atomic E-state index is 14.0. The molecule has 2 atom stereocenters. The molecule has 5 N–H and O–H groups in total. The van der Waals surface area contributed by atoms with Crippen molar-refractivity contribution in [2.24, 2.45) is 11.7 Å². The number of aromatic nitrogens is 2. The molecule has 5 heterocycles. The molecule has 3 saturated heterocycles. The number of likely N-dealkylation sites (tertiary alicyclic amines) is 2. The van der Waals surface area contributed by atoms with Gasteiger partial charge in [-0.3, -0.25) is 19.9 Å². The fourth-order valence-corrected chi connectivity index (χ4v) is 10.9. The van der Waals surface area contributed by atoms with Crippen LogP contribution in [0.25, 0.3) is 10.8 Å². The number of hydrogen-bond acceptors (Lipinski definition) is 13. The van der Waals surface area contributed by atoms with Gasteiger partial charge in [0.2, 0.25) is 11.8 Å². The fraction of sp³-hybridized carbons (Fsp3) is 0.389. The number of nitrogens with one attached hydrogen (secondary N) is 1. The number of benzene rings is 4. The molecule has 18 heteroatoms. The number of carbonyl (C=O) groups excluding carboxylic acids is 3. The van der Waals surface area contributed by atoms with Crippen molar-refractivity contribution >= 4 is 63.2 Å². The Morgan fingerprint density at radius 1 is 0.944 bits per heavy atom. The molecule has 0 unspecified atom stereocenters. The Morgan fingerprint density at radius 3 is 2.38 bits per heavy atom. The number of halogens is 1. The Bertz CT molecular complexity index is 2950. The number of nitriles is 1. The second-order valence-electron chi connectivity index (χ2n) is 19.3. The van der Waals surface area contributed by atoms with E-state index in [0.717, 1.165) is 63.5 Å². The van der Waals surface area contributed by atoms with Crippen LogP contribution >= 0.6 is 11.6 Å². The van der Waals surface area contributed by atoms with Crippen LogP contribution in [0.4, 0.5) is 22.0 Å². The topological polar surface area (TPSA) is 220 Å². The van der Waals surface area contributed by atoms with Crippen molar-refractivity contribution in [1.82, 2.24) is 24.7 Å². The molecule has 72 heavy (non-hydrogen) atoms. The summed E-state index contributed by atoms with van der Waals surface area (Å²) in [6, 6.07) is 23.1. The summed E-state index contributed by atoms with van der Waals surface area (Å²) in [5.41, 5.74) is 10.6. The van der Waals surface area contributed by atoms with Gasteiger partial charge in [-0.2, -0.15) is 15.2 Å². The molecule has 4 aliphatic rings. The van der Waals surface area contributed by atoms with Crippen LogP contribution in [0, 0.1) is 22.7 Å². The maximum absolute atomic E-state index is 14.0. The van der Waals surface area contributed by atoms with E-state index < -0.39 is 6.03 Å². The number of carbonyl (C=O) groups is 3. The SMILES string of the molecule is C=CC(=O)N1CCN(c2nc(OC[C@@H]3CCN3C(=O)C3CCN(Cc4ccc(N(C(=N)c5cc(C(C)C)c(O)cc5O)C(N)=O)cc4)CC3)nc3c2CCN(c2cccc4cccc(Cl)c24)C3)C[C@@H]1CC#N. The van der Waals surface area contributed by atoms with Crippen LogP contribution in [0.5, 0.6) is 17.5 Å². The summed E-state index contributed by atoms with van der Waals surface area (Å²) < 4.78 is 6.45. The van der Waals surface area contributed by atoms with Gasteiger partial charge >= 0.3 is 12.0 Å². The molecule has 4 aliphatic heterocycles. The number of aromatic hydroxyl groups is 2. The minimum atomic E-state index is -0.886. The fourth-order valence-electron chi connectivity index (χ4n) is 10.6. The predicted octanol–water partition coefficient (Wildman–Crippen LogP) is 7.30. The summed E-state index contributed by atoms with van der Waals surface area (Å²) in [5, 5.41) is 42.2. The van der Waals surface area contributed by atoms with Crippen LogP contribution in [0.2, 0.25) is 5.02 Å². The lowest BCUT2D eigenvalue weighted by atomic mass is 9.92. The lowest BCUT2D eigenvalue weighted by molar-refractivity contribution is -0.146. The van der Waals surface area contributed by atoms with Gasteiger partial charge < -0.3 is 40.3 Å². The van der Waals surface area contributed by atoms with Crippen molar-refractivity contribution in [1.29, 1.82) is 10.7 Å². The van der Waals surface area contributed by atoms with Crippen molar-refractivity contribution in [3.05, 3.63) is 118 Å². The van der Waals surface area contributed by atoms with Crippen molar-refractivity contribution in [2.75, 3.05) is 67.1 Å². The monoisotopic (exact) mass is 993 g/mol. The number of amidine groups is 1. The number of piperidine rings is 1. The summed E-state index contributed by atoms with van der Waals surface area (Å²) in [5.74, 6) is -0.297. The number of nitrogens with two attached hydrogens (primary N) is 1. The number of primary amides is 1. The summed E-state index contributed by atoms with van der Waals surface area (Å²) in [4.78, 5) is 60.9. The van der Waals surface area contributed by atoms with Gasteiger partial charge in [-0.1, -0.05) is 68.4 Å². The maximum Gasteiger partial charge on any atom is 0.325 e. The summed E-state index contributed by atoms with van der Waals surface area (Å²) in [7, 11) is 0. The van der Waals surface area contributed by atoms with Crippen LogP contribution in [0.3, 0.4) is 0 Å². The Kier molecular flexibility index (Phi) is 14.5. The van der Waals surface area contributed by atoms with Gasteiger partial charge in [0.1, 0.15) is 29.8 Å². The minimum Gasteiger partial charge on any atom is -0.508 e. The average Bonchev–Trinajstić information content (AvgIpc) is 3.36. The molecule has 4 amide bonds. The highest BCUT2D eigenvalue weighted by molar-refractivity contribution is 6.36. The van der Waals surface area contributed by atoms with Crippen molar-refractivity contribution < 1.29 is 29.3 Å². The van der Waals surface area contributed by atoms with Gasteiger partial charge in [0, 0.05) is 67.9 Å². The van der Waals surface area contributed by atoms with Gasteiger partial charge in [0.05, 0.1) is 53.1 Å². The first-order valence-corrected chi connectivity index (χ1v) is 25.0. The summed E-state index contributed by atoms with van der Waals surface area (Å²) in [6.45, 7) is 12.9. The smallest absolute Gasteiger partial charge is 0.325 e. The van der Waals surface area contributed by atoms with Gasteiger partial charge in [0.25, 0.3) is 0 Å². The molecular formula is C54H60ClN11O6. The molecule has 17 nitrogen and oxygen atoms in total. The number of nitrogens with zero attached hydrogens (tertiary/aromatic N) is 9. The third-order valence-corrected chi connectivity index (χ3v) is 14.9. The first kappa shape index (κ1) is 49.6. The molecule has 9 rings (SSSR count). The lowest BCUT2D eigenvalue weighted by Crippen LogP contribution is -2.56. The van der Waals surface area contributed by atoms with E-state index in [4.69, 9.17) is 37.4 Å². The number of hydrogen-bond donors (Lipinski definition) is 4. The third-order valence-electron chi connectivity index (χ3n) is 14.6. The second kappa shape index (κ2) is 21.1. The summed E-state index contributed by atoms with van der Waals surface area (Å²) in [6.07, 6.45) is 4.33. The zero-order valence-electron chi connectivity index (χ0n) is 40.6. The highest BCUT2D eigenvalue weighted by Crippen LogP contribution is 2.39. The average molecular weight is 995 g/mol. The molecule has 5 aromatic rings. The van der Waals surface area contributed by atoms with Gasteiger partial charge in [-0.25, -0.2) is 9.69 Å². The lowest BCUT2D eigenvalue weighted by Gasteiger charge is -2.44. The Labute approximate surface area is 424 Å². The number of phenols is 2. The number of amides is 4. The molecule has 1 aromatic heterocycles. The quantitative estimate of drug-likeness (QED) is 0.0519. The van der Waals surface area contributed by atoms with Crippen LogP contribution in [-0.4, -0.2) is 123 Å². The highest BCUT2D eigenvalue weighted by Gasteiger charge is 2.39. The van der Waals surface area contributed by atoms with E-state index in [1.54, 1.807) is 17.0 Å². The van der Waals surface area contributed by atoms with Gasteiger partial charge in [0.15, 0.2) is 0 Å². The van der Waals surface area contributed by atoms with E-state index in [-0.39, 0.29) is 77.7 Å². The van der Waals surface area contributed by atoms with Gasteiger partial charge in [-0.05, 0) is 97.6 Å². The number of rotatable bonds is 13.